The molecule has 0 amide bonds. The number of carbonyl (C=O) groups is 1. The Balaban J connectivity index is 2.48. The molecule has 82 valence electrons. The van der Waals surface area contributed by atoms with E-state index in [0.717, 1.165) is 5.56 Å². The number of aliphatic hydroxyl groups is 1. The molecule has 0 bridgehead atoms. The minimum atomic E-state index is -0.656. The quantitative estimate of drug-likeness (QED) is 0.763. The van der Waals surface area contributed by atoms with Crippen LogP contribution in [0.2, 0.25) is 0 Å². The van der Waals surface area contributed by atoms with Gasteiger partial charge in [0.25, 0.3) is 0 Å². The molecule has 1 rings (SSSR count). The van der Waals surface area contributed by atoms with Gasteiger partial charge in [0.05, 0.1) is 6.10 Å². The Labute approximate surface area is 89.7 Å². The van der Waals surface area contributed by atoms with E-state index in [4.69, 9.17) is 4.74 Å². The van der Waals surface area contributed by atoms with Crippen molar-refractivity contribution >= 4 is 5.97 Å². The third kappa shape index (κ3) is 4.13. The highest BCUT2D eigenvalue weighted by Crippen LogP contribution is 2.08. The second-order valence-electron chi connectivity index (χ2n) is 3.57. The summed E-state index contributed by atoms with van der Waals surface area (Å²) in [7, 11) is 0. The van der Waals surface area contributed by atoms with Crippen LogP contribution in [0.5, 0.6) is 0 Å². The predicted octanol–water partition coefficient (Wildman–Crippen LogP) is 1.54. The summed E-state index contributed by atoms with van der Waals surface area (Å²) in [5, 5.41) is 9.74. The molecule has 0 aromatic heterocycles. The van der Waals surface area contributed by atoms with Gasteiger partial charge in [0.1, 0.15) is 6.10 Å². The van der Waals surface area contributed by atoms with Crippen molar-refractivity contribution in [3.8, 4) is 0 Å². The largest absolute Gasteiger partial charge is 0.460 e. The predicted molar refractivity (Wildman–Crippen MR) is 57.4 cm³/mol. The monoisotopic (exact) mass is 208 g/mol. The number of rotatable bonds is 4. The first-order chi connectivity index (χ1) is 7.09. The average molecular weight is 208 g/mol. The van der Waals surface area contributed by atoms with Crippen LogP contribution in [0.1, 0.15) is 19.4 Å². The number of aliphatic hydroxyl groups excluding tert-OH is 1. The van der Waals surface area contributed by atoms with Crippen LogP contribution in [0.15, 0.2) is 30.3 Å². The average Bonchev–Trinajstić information content (AvgIpc) is 2.18. The van der Waals surface area contributed by atoms with E-state index in [2.05, 4.69) is 0 Å². The first-order valence-corrected chi connectivity index (χ1v) is 4.99. The van der Waals surface area contributed by atoms with E-state index < -0.39 is 12.2 Å². The lowest BCUT2D eigenvalue weighted by atomic mass is 10.0. The van der Waals surface area contributed by atoms with Crippen molar-refractivity contribution in [3.05, 3.63) is 35.9 Å². The van der Waals surface area contributed by atoms with Crippen LogP contribution in [0, 0.1) is 0 Å². The van der Waals surface area contributed by atoms with Crippen LogP contribution in [0.25, 0.3) is 0 Å². The van der Waals surface area contributed by atoms with E-state index in [9.17, 15) is 9.90 Å². The summed E-state index contributed by atoms with van der Waals surface area (Å²) < 4.78 is 4.90. The topological polar surface area (TPSA) is 46.5 Å². The fourth-order valence-electron chi connectivity index (χ4n) is 1.36. The SMILES string of the molecule is CC(=O)OC(C)C(O)Cc1ccccc1. The van der Waals surface area contributed by atoms with Crippen molar-refractivity contribution in [1.29, 1.82) is 0 Å². The van der Waals surface area contributed by atoms with Gasteiger partial charge >= 0.3 is 5.97 Å². The number of esters is 1. The molecule has 0 saturated heterocycles. The van der Waals surface area contributed by atoms with Gasteiger partial charge in [-0.2, -0.15) is 0 Å². The molecule has 3 heteroatoms. The van der Waals surface area contributed by atoms with Gasteiger partial charge in [-0.1, -0.05) is 30.3 Å². The maximum absolute atomic E-state index is 10.7. The Bertz CT molecular complexity index is 308. The zero-order valence-corrected chi connectivity index (χ0v) is 9.01. The van der Waals surface area contributed by atoms with Crippen LogP contribution < -0.4 is 0 Å². The maximum atomic E-state index is 10.7. The van der Waals surface area contributed by atoms with Crippen LogP contribution in [0.4, 0.5) is 0 Å². The third-order valence-corrected chi connectivity index (χ3v) is 2.18. The molecule has 0 spiro atoms. The van der Waals surface area contributed by atoms with E-state index in [-0.39, 0.29) is 5.97 Å². The minimum absolute atomic E-state index is 0.366. The van der Waals surface area contributed by atoms with Crippen molar-refractivity contribution in [2.75, 3.05) is 0 Å². The van der Waals surface area contributed by atoms with Gasteiger partial charge in [-0.3, -0.25) is 4.79 Å². The van der Waals surface area contributed by atoms with Crippen LogP contribution in [0.3, 0.4) is 0 Å². The maximum Gasteiger partial charge on any atom is 0.302 e. The molecule has 0 aliphatic heterocycles. The molecule has 2 unspecified atom stereocenters. The lowest BCUT2D eigenvalue weighted by Gasteiger charge is -2.18. The van der Waals surface area contributed by atoms with E-state index in [1.807, 2.05) is 30.3 Å². The van der Waals surface area contributed by atoms with Gasteiger partial charge in [0, 0.05) is 13.3 Å². The van der Waals surface area contributed by atoms with Crippen molar-refractivity contribution in [3.63, 3.8) is 0 Å². The van der Waals surface area contributed by atoms with Gasteiger partial charge in [-0.25, -0.2) is 0 Å². The second-order valence-corrected chi connectivity index (χ2v) is 3.57. The standard InChI is InChI=1S/C12H16O3/c1-9(15-10(2)13)12(14)8-11-6-4-3-5-7-11/h3-7,9,12,14H,8H2,1-2H3. The molecule has 0 radical (unpaired) electrons. The molecule has 1 N–H and O–H groups in total. The third-order valence-electron chi connectivity index (χ3n) is 2.18. The summed E-state index contributed by atoms with van der Waals surface area (Å²) in [5.74, 6) is -0.366. The first kappa shape index (κ1) is 11.7. The summed E-state index contributed by atoms with van der Waals surface area (Å²) in [6.45, 7) is 3.03. The molecule has 0 aliphatic rings. The first-order valence-electron chi connectivity index (χ1n) is 4.99. The number of carbonyl (C=O) groups excluding carboxylic acids is 1. The smallest absolute Gasteiger partial charge is 0.302 e. The molecular weight excluding hydrogens is 192 g/mol. The Hall–Kier alpha value is -1.35. The summed E-state index contributed by atoms with van der Waals surface area (Å²) in [4.78, 5) is 10.7. The van der Waals surface area contributed by atoms with E-state index in [1.165, 1.54) is 6.92 Å². The molecule has 2 atom stereocenters. The molecule has 0 aliphatic carbocycles. The normalized spacial score (nSPS) is 14.3. The summed E-state index contributed by atoms with van der Waals surface area (Å²) >= 11 is 0. The van der Waals surface area contributed by atoms with Crippen molar-refractivity contribution < 1.29 is 14.6 Å². The number of hydrogen-bond donors (Lipinski definition) is 1. The number of hydrogen-bond acceptors (Lipinski definition) is 3. The molecule has 3 nitrogen and oxygen atoms in total. The van der Waals surface area contributed by atoms with Gasteiger partial charge in [0.15, 0.2) is 0 Å². The fraction of sp³-hybridized carbons (Fsp3) is 0.417. The Kier molecular flexibility index (Phi) is 4.31. The number of ether oxygens (including phenoxy) is 1. The summed E-state index contributed by atoms with van der Waals surface area (Å²) in [5.41, 5.74) is 1.03. The zero-order chi connectivity index (χ0) is 11.3. The van der Waals surface area contributed by atoms with Gasteiger partial charge in [0.2, 0.25) is 0 Å². The molecule has 15 heavy (non-hydrogen) atoms. The Morgan fingerprint density at radius 1 is 1.40 bits per heavy atom. The Morgan fingerprint density at radius 2 is 2.00 bits per heavy atom. The van der Waals surface area contributed by atoms with Crippen molar-refractivity contribution in [1.82, 2.24) is 0 Å². The van der Waals surface area contributed by atoms with E-state index in [0.29, 0.717) is 6.42 Å². The zero-order valence-electron chi connectivity index (χ0n) is 9.01. The molecule has 1 aromatic rings. The summed E-state index contributed by atoms with van der Waals surface area (Å²) in [6.07, 6.45) is -0.631. The fourth-order valence-corrected chi connectivity index (χ4v) is 1.36. The highest BCUT2D eigenvalue weighted by molar-refractivity contribution is 5.66. The number of benzene rings is 1. The summed E-state index contributed by atoms with van der Waals surface area (Å²) in [6, 6.07) is 9.62. The van der Waals surface area contributed by atoms with Crippen molar-refractivity contribution in [2.24, 2.45) is 0 Å². The lowest BCUT2D eigenvalue weighted by molar-refractivity contribution is -0.150. The van der Waals surface area contributed by atoms with Crippen LogP contribution in [-0.4, -0.2) is 23.3 Å². The molecule has 0 saturated carbocycles. The van der Waals surface area contributed by atoms with E-state index in [1.54, 1.807) is 6.92 Å². The van der Waals surface area contributed by atoms with Gasteiger partial charge in [-0.15, -0.1) is 0 Å². The van der Waals surface area contributed by atoms with E-state index >= 15 is 0 Å². The molecule has 1 aromatic carbocycles. The Morgan fingerprint density at radius 3 is 2.53 bits per heavy atom. The van der Waals surface area contributed by atoms with Crippen LogP contribution >= 0.6 is 0 Å². The molecule has 0 fully saturated rings. The van der Waals surface area contributed by atoms with Crippen LogP contribution in [-0.2, 0) is 16.0 Å². The second kappa shape index (κ2) is 5.51. The highest BCUT2D eigenvalue weighted by atomic mass is 16.6. The molecule has 0 heterocycles. The lowest BCUT2D eigenvalue weighted by Crippen LogP contribution is -2.29. The van der Waals surface area contributed by atoms with Gasteiger partial charge in [-0.05, 0) is 12.5 Å². The van der Waals surface area contributed by atoms with Crippen molar-refractivity contribution in [2.45, 2.75) is 32.5 Å². The minimum Gasteiger partial charge on any atom is -0.460 e. The highest BCUT2D eigenvalue weighted by Gasteiger charge is 2.16. The molecular formula is C12H16O3. The van der Waals surface area contributed by atoms with Gasteiger partial charge < -0.3 is 9.84 Å².